The van der Waals surface area contributed by atoms with Crippen molar-refractivity contribution in [2.45, 2.75) is 13.3 Å². The lowest BCUT2D eigenvalue weighted by atomic mass is 9.96. The Balaban J connectivity index is 1.11. The first-order valence-corrected chi connectivity index (χ1v) is 21.1. The van der Waals surface area contributed by atoms with Crippen molar-refractivity contribution < 1.29 is 4.57 Å². The summed E-state index contributed by atoms with van der Waals surface area (Å²) in [6.07, 6.45) is 7.21. The van der Waals surface area contributed by atoms with Crippen molar-refractivity contribution in [3.05, 3.63) is 187 Å². The Morgan fingerprint density at radius 2 is 1.28 bits per heavy atom. The summed E-state index contributed by atoms with van der Waals surface area (Å²) in [5, 5.41) is 8.88. The van der Waals surface area contributed by atoms with Gasteiger partial charge in [-0.1, -0.05) is 165 Å². The van der Waals surface area contributed by atoms with Gasteiger partial charge in [0.05, 0.1) is 15.9 Å². The summed E-state index contributed by atoms with van der Waals surface area (Å²) in [4.78, 5) is 5.47. The van der Waals surface area contributed by atoms with Crippen molar-refractivity contribution in [3.8, 4) is 33.5 Å². The molecule has 258 valence electrons. The number of benzene rings is 7. The van der Waals surface area contributed by atoms with Gasteiger partial charge in [0.2, 0.25) is 0 Å². The average Bonchev–Trinajstić information content (AvgIpc) is 3.63. The van der Waals surface area contributed by atoms with E-state index in [1.54, 1.807) is 0 Å². The van der Waals surface area contributed by atoms with E-state index in [2.05, 4.69) is 153 Å². The molecule has 1 aliphatic carbocycles. The highest BCUT2D eigenvalue weighted by Gasteiger charge is 2.35. The lowest BCUT2D eigenvalue weighted by Gasteiger charge is -2.28. The van der Waals surface area contributed by atoms with Crippen LogP contribution in [0.1, 0.15) is 13.3 Å². The molecule has 10 rings (SSSR count). The fourth-order valence-corrected chi connectivity index (χ4v) is 12.6. The van der Waals surface area contributed by atoms with Crippen molar-refractivity contribution in [2.75, 3.05) is 0 Å². The summed E-state index contributed by atoms with van der Waals surface area (Å²) in [6.45, 7) is 2.19. The van der Waals surface area contributed by atoms with Gasteiger partial charge in [0.25, 0.3) is 0 Å². The molecule has 7 aromatic carbocycles. The zero-order valence-electron chi connectivity index (χ0n) is 29.8. The smallest absolute Gasteiger partial charge is 0.167 e. The minimum absolute atomic E-state index is 0.198. The maximum absolute atomic E-state index is 15.4. The van der Waals surface area contributed by atoms with Gasteiger partial charge in [0, 0.05) is 42.3 Å². The van der Waals surface area contributed by atoms with Crippen LogP contribution in [0.2, 0.25) is 0 Å². The Bertz CT molecular complexity index is 3020. The topological polar surface area (TPSA) is 30.0 Å². The van der Waals surface area contributed by atoms with Crippen LogP contribution in [0.15, 0.2) is 187 Å². The molecule has 54 heavy (non-hydrogen) atoms. The number of allylic oxidation sites excluding steroid dienone is 4. The summed E-state index contributed by atoms with van der Waals surface area (Å²) in [5.74, 6) is 0.198. The fraction of sp³-hybridized carbons (Fsp3) is 0.0600. The van der Waals surface area contributed by atoms with Gasteiger partial charge in [-0.05, 0) is 69.6 Å². The van der Waals surface area contributed by atoms with E-state index in [9.17, 15) is 0 Å². The predicted octanol–water partition coefficient (Wildman–Crippen LogP) is 13.6. The first kappa shape index (κ1) is 32.8. The number of nitrogens with zero attached hydrogens (tertiary/aromatic N) is 1. The number of thiophene rings is 1. The Morgan fingerprint density at radius 3 is 2.11 bits per heavy atom. The highest BCUT2D eigenvalue weighted by Crippen LogP contribution is 2.56. The fourth-order valence-electron chi connectivity index (χ4n) is 8.27. The average molecular weight is 730 g/mol. The number of aromatic nitrogens is 1. The third-order valence-electron chi connectivity index (χ3n) is 11.0. The second kappa shape index (κ2) is 13.2. The van der Waals surface area contributed by atoms with Crippen LogP contribution in [-0.2, 0) is 4.57 Å². The summed E-state index contributed by atoms with van der Waals surface area (Å²) in [7, 11) is -3.08. The molecular formula is C50H36NOPS. The van der Waals surface area contributed by atoms with Gasteiger partial charge in [-0.3, -0.25) is 0 Å². The second-order valence-corrected chi connectivity index (χ2v) is 18.1. The van der Waals surface area contributed by atoms with Crippen LogP contribution in [0.4, 0.5) is 0 Å². The molecule has 4 heteroatoms. The highest BCUT2D eigenvalue weighted by molar-refractivity contribution is 7.82. The largest absolute Gasteiger partial charge is 0.309 e. The first-order chi connectivity index (χ1) is 26.6. The van der Waals surface area contributed by atoms with E-state index in [1.807, 2.05) is 47.7 Å². The number of rotatable bonds is 6. The van der Waals surface area contributed by atoms with Crippen LogP contribution in [0.25, 0.3) is 75.4 Å². The Hall–Kier alpha value is -5.86. The van der Waals surface area contributed by atoms with E-state index in [0.717, 1.165) is 66.8 Å². The van der Waals surface area contributed by atoms with Crippen molar-refractivity contribution >= 4 is 70.9 Å². The Kier molecular flexibility index (Phi) is 8.02. The summed E-state index contributed by atoms with van der Waals surface area (Å²) in [6, 6.07) is 57.7. The molecule has 2 atom stereocenters. The van der Waals surface area contributed by atoms with Crippen LogP contribution in [0.3, 0.4) is 0 Å². The molecule has 2 unspecified atom stereocenters. The van der Waals surface area contributed by atoms with E-state index in [0.29, 0.717) is 0 Å². The SMILES string of the molecule is CC1CC=CC=C1P(=O)(c1ccccc1)c1cccc(-c2cccc(-c3ccc4c(c3)nc(-c3cccc5ccccc35)c3sc5ccccc5c34)c2)c1. The molecule has 0 saturated heterocycles. The van der Waals surface area contributed by atoms with Crippen molar-refractivity contribution in [3.63, 3.8) is 0 Å². The zero-order valence-corrected chi connectivity index (χ0v) is 31.5. The lowest BCUT2D eigenvalue weighted by molar-refractivity contribution is 0.584. The molecular weight excluding hydrogens is 694 g/mol. The van der Waals surface area contributed by atoms with Gasteiger partial charge in [-0.2, -0.15) is 0 Å². The molecule has 2 aromatic heterocycles. The molecule has 2 nitrogen and oxygen atoms in total. The molecule has 1 aliphatic rings. The predicted molar refractivity (Wildman–Crippen MR) is 233 cm³/mol. The van der Waals surface area contributed by atoms with Gasteiger partial charge >= 0.3 is 0 Å². The van der Waals surface area contributed by atoms with Crippen molar-refractivity contribution in [1.29, 1.82) is 0 Å². The van der Waals surface area contributed by atoms with Crippen LogP contribution in [0, 0.1) is 5.92 Å². The van der Waals surface area contributed by atoms with Crippen LogP contribution < -0.4 is 10.6 Å². The number of hydrogen-bond donors (Lipinski definition) is 0. The van der Waals surface area contributed by atoms with Gasteiger partial charge in [0.15, 0.2) is 7.14 Å². The third-order valence-corrected chi connectivity index (χ3v) is 15.5. The summed E-state index contributed by atoms with van der Waals surface area (Å²) in [5.41, 5.74) is 7.52. The number of fused-ring (bicyclic) bond motifs is 6. The van der Waals surface area contributed by atoms with Crippen LogP contribution >= 0.6 is 18.5 Å². The molecule has 0 bridgehead atoms. The van der Waals surface area contributed by atoms with E-state index in [1.165, 1.54) is 30.9 Å². The Labute approximate surface area is 319 Å². The molecule has 0 radical (unpaired) electrons. The van der Waals surface area contributed by atoms with Crippen molar-refractivity contribution in [2.24, 2.45) is 5.92 Å². The standard InChI is InChI=1S/C50H36NOPS/c1-33-14-5-9-26-46(33)53(52,39-20-3-2-4-21-39)40-22-12-19-37(31-40)35-17-11-18-36(30-35)38-28-29-43-45(32-38)51-49(42-25-13-16-34-15-6-7-23-41(34)42)50-48(43)44-24-8-10-27-47(44)54-50/h2-13,15-33H,14H2,1H3. The van der Waals surface area contributed by atoms with Gasteiger partial charge < -0.3 is 4.57 Å². The molecule has 0 aliphatic heterocycles. The molecule has 9 aromatic rings. The molecule has 0 fully saturated rings. The van der Waals surface area contributed by atoms with Gasteiger partial charge in [-0.15, -0.1) is 11.3 Å². The van der Waals surface area contributed by atoms with Gasteiger partial charge in [0.1, 0.15) is 0 Å². The molecule has 2 heterocycles. The second-order valence-electron chi connectivity index (χ2n) is 14.3. The van der Waals surface area contributed by atoms with E-state index >= 15 is 4.57 Å². The minimum Gasteiger partial charge on any atom is -0.309 e. The highest BCUT2D eigenvalue weighted by atomic mass is 32.1. The number of hydrogen-bond acceptors (Lipinski definition) is 3. The molecule has 0 N–H and O–H groups in total. The molecule has 0 spiro atoms. The minimum atomic E-state index is -3.08. The summed E-state index contributed by atoms with van der Waals surface area (Å²) >= 11 is 1.83. The maximum atomic E-state index is 15.4. The van der Waals surface area contributed by atoms with Crippen LogP contribution in [0.5, 0.6) is 0 Å². The van der Waals surface area contributed by atoms with Crippen molar-refractivity contribution in [1.82, 2.24) is 4.98 Å². The van der Waals surface area contributed by atoms with Crippen LogP contribution in [-0.4, -0.2) is 4.98 Å². The molecule has 0 amide bonds. The normalized spacial score (nSPS) is 15.5. The lowest BCUT2D eigenvalue weighted by Crippen LogP contribution is -2.21. The van der Waals surface area contributed by atoms with E-state index in [-0.39, 0.29) is 5.92 Å². The number of pyridine rings is 1. The first-order valence-electron chi connectivity index (χ1n) is 18.5. The monoisotopic (exact) mass is 729 g/mol. The maximum Gasteiger partial charge on any atom is 0.167 e. The third kappa shape index (κ3) is 5.38. The van der Waals surface area contributed by atoms with E-state index < -0.39 is 7.14 Å². The van der Waals surface area contributed by atoms with E-state index in [4.69, 9.17) is 4.98 Å². The Morgan fingerprint density at radius 1 is 0.611 bits per heavy atom. The quantitative estimate of drug-likeness (QED) is 0.160. The molecule has 0 saturated carbocycles. The summed E-state index contributed by atoms with van der Waals surface area (Å²) < 4.78 is 17.9. The zero-order chi connectivity index (χ0) is 36.2. The van der Waals surface area contributed by atoms with Gasteiger partial charge in [-0.25, -0.2) is 4.98 Å².